The number of anilines is 2. The molecule has 3 rings (SSSR count). The number of methoxy groups -OCH3 is 1. The van der Waals surface area contributed by atoms with E-state index in [1.54, 1.807) is 13.0 Å². The van der Waals surface area contributed by atoms with Gasteiger partial charge < -0.3 is 24.6 Å². The van der Waals surface area contributed by atoms with Gasteiger partial charge in [-0.3, -0.25) is 14.9 Å². The molecule has 1 N–H and O–H groups in total. The zero-order valence-electron chi connectivity index (χ0n) is 19.4. The molecule has 0 spiro atoms. The second kappa shape index (κ2) is 11.9. The highest BCUT2D eigenvalue weighted by molar-refractivity contribution is 5.92. The number of aromatic nitrogens is 1. The van der Waals surface area contributed by atoms with Gasteiger partial charge in [0, 0.05) is 50.9 Å². The van der Waals surface area contributed by atoms with Crippen molar-refractivity contribution in [2.75, 3.05) is 56.7 Å². The van der Waals surface area contributed by atoms with Crippen molar-refractivity contribution in [3.63, 3.8) is 0 Å². The molecule has 0 atom stereocenters. The predicted octanol–water partition coefficient (Wildman–Crippen LogP) is 2.72. The second-order valence-electron chi connectivity index (χ2n) is 7.75. The number of pyridine rings is 1. The number of hydrogen-bond donors (Lipinski definition) is 1. The molecule has 0 unspecified atom stereocenters. The van der Waals surface area contributed by atoms with Gasteiger partial charge in [-0.25, -0.2) is 9.78 Å². The molecule has 2 aromatic rings. The molecule has 1 saturated heterocycles. The number of carbonyl (C=O) groups is 2. The van der Waals surface area contributed by atoms with E-state index in [2.05, 4.69) is 20.1 Å². The van der Waals surface area contributed by atoms with Crippen molar-refractivity contribution < 1.29 is 24.0 Å². The van der Waals surface area contributed by atoms with E-state index in [0.717, 1.165) is 38.4 Å². The molecule has 1 aliphatic rings. The third-order valence-corrected chi connectivity index (χ3v) is 5.49. The Balaban J connectivity index is 1.51. The minimum Gasteiger partial charge on any atom is -0.495 e. The highest BCUT2D eigenvalue weighted by Crippen LogP contribution is 2.29. The Morgan fingerprint density at radius 2 is 2.00 bits per heavy atom. The molecular weight excluding hydrogens is 442 g/mol. The fourth-order valence-corrected chi connectivity index (χ4v) is 3.71. The predicted molar refractivity (Wildman–Crippen MR) is 126 cm³/mol. The Morgan fingerprint density at radius 3 is 2.68 bits per heavy atom. The van der Waals surface area contributed by atoms with Gasteiger partial charge >= 0.3 is 5.97 Å². The Labute approximate surface area is 197 Å². The lowest BCUT2D eigenvalue weighted by atomic mass is 10.2. The monoisotopic (exact) mass is 471 g/mol. The molecule has 11 heteroatoms. The Morgan fingerprint density at radius 1 is 1.18 bits per heavy atom. The minimum absolute atomic E-state index is 0.118. The highest BCUT2D eigenvalue weighted by Gasteiger charge is 2.19. The molecule has 1 aliphatic heterocycles. The van der Waals surface area contributed by atoms with Gasteiger partial charge in [0.25, 0.3) is 5.69 Å². The standard InChI is InChI=1S/C23H29N5O6/c1-3-34-23(30)17-5-8-21(24-16-17)27-11-4-10-26(13-14-27)12-9-22(29)25-19-15-18(28(31)32)6-7-20(19)33-2/h5-8,15-16H,3-4,9-14H2,1-2H3,(H,25,29). The van der Waals surface area contributed by atoms with Crippen molar-refractivity contribution in [1.29, 1.82) is 0 Å². The molecular formula is C23H29N5O6. The number of carbonyl (C=O) groups excluding carboxylic acids is 2. The normalized spacial score (nSPS) is 14.2. The van der Waals surface area contributed by atoms with Crippen LogP contribution in [0, 0.1) is 10.1 Å². The Kier molecular flexibility index (Phi) is 8.74. The van der Waals surface area contributed by atoms with Crippen LogP contribution < -0.4 is 15.0 Å². The number of ether oxygens (including phenoxy) is 2. The van der Waals surface area contributed by atoms with E-state index in [9.17, 15) is 19.7 Å². The van der Waals surface area contributed by atoms with Crippen molar-refractivity contribution in [3.8, 4) is 5.75 Å². The first-order valence-electron chi connectivity index (χ1n) is 11.1. The average Bonchev–Trinajstić information content (AvgIpc) is 3.08. The van der Waals surface area contributed by atoms with E-state index in [4.69, 9.17) is 9.47 Å². The molecule has 0 aliphatic carbocycles. The van der Waals surface area contributed by atoms with Crippen LogP contribution in [0.4, 0.5) is 17.2 Å². The molecule has 1 aromatic carbocycles. The molecule has 182 valence electrons. The van der Waals surface area contributed by atoms with Crippen LogP contribution in [0.15, 0.2) is 36.5 Å². The maximum absolute atomic E-state index is 12.5. The highest BCUT2D eigenvalue weighted by atomic mass is 16.6. The van der Waals surface area contributed by atoms with Crippen LogP contribution in [0.2, 0.25) is 0 Å². The van der Waals surface area contributed by atoms with E-state index in [1.807, 2.05) is 6.07 Å². The summed E-state index contributed by atoms with van der Waals surface area (Å²) in [4.78, 5) is 43.6. The molecule has 1 amide bonds. The van der Waals surface area contributed by atoms with Gasteiger partial charge in [-0.2, -0.15) is 0 Å². The van der Waals surface area contributed by atoms with E-state index in [-0.39, 0.29) is 29.7 Å². The third kappa shape index (κ3) is 6.64. The van der Waals surface area contributed by atoms with E-state index >= 15 is 0 Å². The van der Waals surface area contributed by atoms with Crippen LogP contribution in [0.3, 0.4) is 0 Å². The largest absolute Gasteiger partial charge is 0.495 e. The smallest absolute Gasteiger partial charge is 0.339 e. The minimum atomic E-state index is -0.517. The summed E-state index contributed by atoms with van der Waals surface area (Å²) in [6, 6.07) is 7.62. The van der Waals surface area contributed by atoms with Crippen molar-refractivity contribution >= 4 is 29.1 Å². The van der Waals surface area contributed by atoms with Gasteiger partial charge in [0.15, 0.2) is 0 Å². The zero-order valence-corrected chi connectivity index (χ0v) is 19.4. The van der Waals surface area contributed by atoms with Crippen molar-refractivity contribution in [3.05, 3.63) is 52.2 Å². The summed E-state index contributed by atoms with van der Waals surface area (Å²) in [6.45, 7) is 5.80. The summed E-state index contributed by atoms with van der Waals surface area (Å²) in [5.41, 5.74) is 0.585. The number of non-ortho nitro benzene ring substituents is 1. The van der Waals surface area contributed by atoms with Crippen molar-refractivity contribution in [2.24, 2.45) is 0 Å². The van der Waals surface area contributed by atoms with Crippen LogP contribution in [-0.2, 0) is 9.53 Å². The topological polar surface area (TPSA) is 127 Å². The van der Waals surface area contributed by atoms with E-state index in [1.165, 1.54) is 31.5 Å². The first kappa shape index (κ1) is 24.9. The maximum Gasteiger partial charge on any atom is 0.339 e. The molecule has 0 radical (unpaired) electrons. The lowest BCUT2D eigenvalue weighted by Crippen LogP contribution is -2.33. The molecule has 1 fully saturated rings. The maximum atomic E-state index is 12.5. The summed E-state index contributed by atoms with van der Waals surface area (Å²) in [7, 11) is 1.44. The molecule has 1 aromatic heterocycles. The number of nitro groups is 1. The number of rotatable bonds is 9. The van der Waals surface area contributed by atoms with Gasteiger partial charge in [-0.15, -0.1) is 0 Å². The first-order valence-corrected chi connectivity index (χ1v) is 11.1. The third-order valence-electron chi connectivity index (χ3n) is 5.49. The number of esters is 1. The number of hydrogen-bond acceptors (Lipinski definition) is 9. The van der Waals surface area contributed by atoms with Crippen molar-refractivity contribution in [1.82, 2.24) is 9.88 Å². The number of amides is 1. The van der Waals surface area contributed by atoms with Gasteiger partial charge in [-0.05, 0) is 38.1 Å². The first-order chi connectivity index (χ1) is 16.4. The lowest BCUT2D eigenvalue weighted by molar-refractivity contribution is -0.384. The van der Waals surface area contributed by atoms with E-state index in [0.29, 0.717) is 24.5 Å². The number of nitrogens with zero attached hydrogens (tertiary/aromatic N) is 4. The Hall–Kier alpha value is -3.73. The lowest BCUT2D eigenvalue weighted by Gasteiger charge is -2.22. The van der Waals surface area contributed by atoms with E-state index < -0.39 is 4.92 Å². The Bertz CT molecular complexity index is 1010. The molecule has 2 heterocycles. The average molecular weight is 472 g/mol. The van der Waals surface area contributed by atoms with Gasteiger partial charge in [-0.1, -0.05) is 0 Å². The summed E-state index contributed by atoms with van der Waals surface area (Å²) < 4.78 is 10.2. The van der Waals surface area contributed by atoms with Crippen LogP contribution in [0.1, 0.15) is 30.1 Å². The van der Waals surface area contributed by atoms with Crippen molar-refractivity contribution in [2.45, 2.75) is 19.8 Å². The number of nitro benzene ring substituents is 1. The molecule has 0 saturated carbocycles. The fourth-order valence-electron chi connectivity index (χ4n) is 3.71. The summed E-state index contributed by atoms with van der Waals surface area (Å²) in [5, 5.41) is 13.7. The zero-order chi connectivity index (χ0) is 24.5. The van der Waals surface area contributed by atoms with Crippen LogP contribution in [0.5, 0.6) is 5.75 Å². The SMILES string of the molecule is CCOC(=O)c1ccc(N2CCCN(CCC(=O)Nc3cc([N+](=O)[O-])ccc3OC)CC2)nc1. The quantitative estimate of drug-likeness (QED) is 0.333. The van der Waals surface area contributed by atoms with Crippen LogP contribution >= 0.6 is 0 Å². The number of nitrogens with one attached hydrogen (secondary N) is 1. The van der Waals surface area contributed by atoms with Gasteiger partial charge in [0.1, 0.15) is 11.6 Å². The summed E-state index contributed by atoms with van der Waals surface area (Å²) in [5.74, 6) is 0.539. The van der Waals surface area contributed by atoms with Crippen LogP contribution in [-0.4, -0.2) is 73.1 Å². The fraction of sp³-hybridized carbons (Fsp3) is 0.435. The summed E-state index contributed by atoms with van der Waals surface area (Å²) in [6.07, 6.45) is 2.68. The second-order valence-corrected chi connectivity index (χ2v) is 7.75. The van der Waals surface area contributed by atoms with Gasteiger partial charge in [0.05, 0.1) is 29.9 Å². The molecule has 34 heavy (non-hydrogen) atoms. The number of benzene rings is 1. The van der Waals surface area contributed by atoms with Gasteiger partial charge in [0.2, 0.25) is 5.91 Å². The molecule has 0 bridgehead atoms. The van der Waals surface area contributed by atoms with Crippen LogP contribution in [0.25, 0.3) is 0 Å². The molecule has 11 nitrogen and oxygen atoms in total. The summed E-state index contributed by atoms with van der Waals surface area (Å²) >= 11 is 0.